The van der Waals surface area contributed by atoms with Gasteiger partial charge >= 0.3 is 5.97 Å². The molecule has 0 spiro atoms. The summed E-state index contributed by atoms with van der Waals surface area (Å²) in [6.45, 7) is 4.70. The number of esters is 1. The average molecular weight is 425 g/mol. The van der Waals surface area contributed by atoms with E-state index in [4.69, 9.17) is 4.74 Å². The van der Waals surface area contributed by atoms with Crippen LogP contribution in [-0.4, -0.2) is 57.0 Å². The Morgan fingerprint density at radius 3 is 2.23 bits per heavy atom. The van der Waals surface area contributed by atoms with Crippen LogP contribution in [0.4, 0.5) is 0 Å². The molecule has 7 nitrogen and oxygen atoms in total. The van der Waals surface area contributed by atoms with Gasteiger partial charge in [0, 0.05) is 24.3 Å². The summed E-state index contributed by atoms with van der Waals surface area (Å²) in [4.78, 5) is 25.8. The molecule has 2 aromatic carbocycles. The summed E-state index contributed by atoms with van der Waals surface area (Å²) in [5.41, 5.74) is 1.82. The molecule has 0 atom stereocenters. The van der Waals surface area contributed by atoms with Crippen LogP contribution >= 0.6 is 11.8 Å². The quantitative estimate of drug-likeness (QED) is 0.387. The number of likely N-dealkylation sites (N-methyl/N-ethyl adjacent to an activating group) is 1. The van der Waals surface area contributed by atoms with Gasteiger partial charge in [-0.25, -0.2) is 0 Å². The molecule has 1 aromatic heterocycles. The summed E-state index contributed by atoms with van der Waals surface area (Å²) in [5, 5.41) is 9.20. The Kier molecular flexibility index (Phi) is 7.62. The van der Waals surface area contributed by atoms with Crippen molar-refractivity contribution in [1.29, 1.82) is 0 Å². The van der Waals surface area contributed by atoms with Crippen molar-refractivity contribution >= 4 is 23.6 Å². The fourth-order valence-corrected chi connectivity index (χ4v) is 3.67. The molecule has 1 amide bonds. The summed E-state index contributed by atoms with van der Waals surface area (Å²) in [6.07, 6.45) is 0. The monoisotopic (exact) mass is 424 g/mol. The molecule has 8 heteroatoms. The second-order valence-electron chi connectivity index (χ2n) is 6.36. The van der Waals surface area contributed by atoms with Crippen LogP contribution in [0.1, 0.15) is 13.8 Å². The van der Waals surface area contributed by atoms with E-state index in [1.807, 2.05) is 79.1 Å². The number of carbonyl (C=O) groups is 2. The largest absolute Gasteiger partial charge is 0.455 e. The van der Waals surface area contributed by atoms with Crippen molar-refractivity contribution in [3.8, 4) is 17.1 Å². The van der Waals surface area contributed by atoms with E-state index in [2.05, 4.69) is 10.2 Å². The molecule has 3 aromatic rings. The maximum absolute atomic E-state index is 12.2. The molecule has 0 N–H and O–H groups in total. The third kappa shape index (κ3) is 5.27. The first-order valence-corrected chi connectivity index (χ1v) is 10.7. The van der Waals surface area contributed by atoms with E-state index in [-0.39, 0.29) is 18.3 Å². The van der Waals surface area contributed by atoms with E-state index in [1.165, 1.54) is 11.8 Å². The number of benzene rings is 2. The van der Waals surface area contributed by atoms with Crippen molar-refractivity contribution in [2.45, 2.75) is 19.0 Å². The van der Waals surface area contributed by atoms with Crippen LogP contribution in [-0.2, 0) is 14.3 Å². The van der Waals surface area contributed by atoms with Crippen molar-refractivity contribution in [2.24, 2.45) is 0 Å². The molecule has 0 aliphatic rings. The maximum Gasteiger partial charge on any atom is 0.316 e. The van der Waals surface area contributed by atoms with Crippen LogP contribution in [0.2, 0.25) is 0 Å². The number of nitrogens with zero attached hydrogens (tertiary/aromatic N) is 4. The lowest BCUT2D eigenvalue weighted by atomic mass is 10.2. The standard InChI is InChI=1S/C22H24N4O3S/c1-3-25(4-2)19(27)15-29-20(28)16-30-22-24-23-21(17-11-7-5-8-12-17)26(22)18-13-9-6-10-14-18/h5-14H,3-4,15-16H2,1-2H3. The molecule has 0 saturated heterocycles. The van der Waals surface area contributed by atoms with Crippen LogP contribution in [0, 0.1) is 0 Å². The predicted octanol–water partition coefficient (Wildman–Crippen LogP) is 3.44. The van der Waals surface area contributed by atoms with Crippen molar-refractivity contribution in [3.63, 3.8) is 0 Å². The fourth-order valence-electron chi connectivity index (χ4n) is 2.92. The summed E-state index contributed by atoms with van der Waals surface area (Å²) in [5.74, 6) is 0.0570. The third-order valence-corrected chi connectivity index (χ3v) is 5.37. The molecule has 0 radical (unpaired) electrons. The number of aromatic nitrogens is 3. The number of hydrogen-bond donors (Lipinski definition) is 0. The first kappa shape index (κ1) is 21.6. The number of carbonyl (C=O) groups excluding carboxylic acids is 2. The summed E-state index contributed by atoms with van der Waals surface area (Å²) < 4.78 is 7.05. The first-order chi connectivity index (χ1) is 14.6. The van der Waals surface area contributed by atoms with Gasteiger partial charge in [0.2, 0.25) is 0 Å². The van der Waals surface area contributed by atoms with Gasteiger partial charge in [-0.05, 0) is 26.0 Å². The molecular weight excluding hydrogens is 400 g/mol. The van der Waals surface area contributed by atoms with Crippen molar-refractivity contribution in [3.05, 3.63) is 60.7 Å². The van der Waals surface area contributed by atoms with Gasteiger partial charge in [-0.3, -0.25) is 14.2 Å². The number of thioether (sulfide) groups is 1. The lowest BCUT2D eigenvalue weighted by molar-refractivity contribution is -0.149. The van der Waals surface area contributed by atoms with Gasteiger partial charge in [-0.2, -0.15) is 0 Å². The highest BCUT2D eigenvalue weighted by molar-refractivity contribution is 7.99. The zero-order valence-corrected chi connectivity index (χ0v) is 17.8. The second kappa shape index (κ2) is 10.6. The van der Waals surface area contributed by atoms with E-state index in [9.17, 15) is 9.59 Å². The Hall–Kier alpha value is -3.13. The molecule has 30 heavy (non-hydrogen) atoms. The molecule has 0 fully saturated rings. The van der Waals surface area contributed by atoms with Crippen LogP contribution < -0.4 is 0 Å². The number of ether oxygens (including phenoxy) is 1. The van der Waals surface area contributed by atoms with Crippen LogP contribution in [0.5, 0.6) is 0 Å². The Labute approximate surface area is 180 Å². The minimum atomic E-state index is -0.468. The number of rotatable bonds is 9. The molecule has 0 aliphatic heterocycles. The minimum Gasteiger partial charge on any atom is -0.455 e. The minimum absolute atomic E-state index is 0.0330. The SMILES string of the molecule is CCN(CC)C(=O)COC(=O)CSc1nnc(-c2ccccc2)n1-c1ccccc1. The van der Waals surface area contributed by atoms with Gasteiger partial charge in [0.25, 0.3) is 5.91 Å². The molecule has 3 rings (SSSR count). The summed E-state index contributed by atoms with van der Waals surface area (Å²) in [6, 6.07) is 19.5. The smallest absolute Gasteiger partial charge is 0.316 e. The fraction of sp³-hybridized carbons (Fsp3) is 0.273. The van der Waals surface area contributed by atoms with E-state index in [0.717, 1.165) is 11.3 Å². The number of hydrogen-bond acceptors (Lipinski definition) is 6. The van der Waals surface area contributed by atoms with Gasteiger partial charge in [0.15, 0.2) is 17.6 Å². The summed E-state index contributed by atoms with van der Waals surface area (Å²) >= 11 is 1.23. The Balaban J connectivity index is 1.73. The third-order valence-electron chi connectivity index (χ3n) is 4.47. The molecule has 0 saturated carbocycles. The van der Waals surface area contributed by atoms with Crippen LogP contribution in [0.15, 0.2) is 65.8 Å². The van der Waals surface area contributed by atoms with Gasteiger partial charge in [-0.1, -0.05) is 60.3 Å². The van der Waals surface area contributed by atoms with Crippen LogP contribution in [0.25, 0.3) is 17.1 Å². The number of amides is 1. The lowest BCUT2D eigenvalue weighted by Crippen LogP contribution is -2.34. The number of para-hydroxylation sites is 1. The van der Waals surface area contributed by atoms with Crippen molar-refractivity contribution in [1.82, 2.24) is 19.7 Å². The highest BCUT2D eigenvalue weighted by Gasteiger charge is 2.18. The summed E-state index contributed by atoms with van der Waals surface area (Å²) in [7, 11) is 0. The predicted molar refractivity (Wildman–Crippen MR) is 116 cm³/mol. The maximum atomic E-state index is 12.2. The lowest BCUT2D eigenvalue weighted by Gasteiger charge is -2.18. The highest BCUT2D eigenvalue weighted by atomic mass is 32.2. The second-order valence-corrected chi connectivity index (χ2v) is 7.30. The van der Waals surface area contributed by atoms with Gasteiger partial charge in [0.1, 0.15) is 0 Å². The molecule has 1 heterocycles. The zero-order valence-electron chi connectivity index (χ0n) is 17.0. The Morgan fingerprint density at radius 1 is 0.967 bits per heavy atom. The zero-order chi connectivity index (χ0) is 21.3. The topological polar surface area (TPSA) is 77.3 Å². The molecular formula is C22H24N4O3S. The molecule has 0 unspecified atom stereocenters. The van der Waals surface area contributed by atoms with E-state index < -0.39 is 5.97 Å². The van der Waals surface area contributed by atoms with Crippen molar-refractivity contribution in [2.75, 3.05) is 25.4 Å². The van der Waals surface area contributed by atoms with Gasteiger partial charge in [0.05, 0.1) is 5.75 Å². The van der Waals surface area contributed by atoms with E-state index >= 15 is 0 Å². The van der Waals surface area contributed by atoms with Gasteiger partial charge in [-0.15, -0.1) is 10.2 Å². The van der Waals surface area contributed by atoms with Crippen molar-refractivity contribution < 1.29 is 14.3 Å². The average Bonchev–Trinajstić information content (AvgIpc) is 3.22. The van der Waals surface area contributed by atoms with Gasteiger partial charge < -0.3 is 9.64 Å². The molecule has 0 bridgehead atoms. The van der Waals surface area contributed by atoms with E-state index in [0.29, 0.717) is 24.1 Å². The van der Waals surface area contributed by atoms with Crippen LogP contribution in [0.3, 0.4) is 0 Å². The van der Waals surface area contributed by atoms with E-state index in [1.54, 1.807) is 4.90 Å². The molecule has 156 valence electrons. The highest BCUT2D eigenvalue weighted by Crippen LogP contribution is 2.27. The normalized spacial score (nSPS) is 10.6. The Morgan fingerprint density at radius 2 is 1.60 bits per heavy atom. The first-order valence-electron chi connectivity index (χ1n) is 9.76. The molecule has 0 aliphatic carbocycles. The Bertz CT molecular complexity index is 973.